The summed E-state index contributed by atoms with van der Waals surface area (Å²) in [7, 11) is 1.76. The van der Waals surface area contributed by atoms with Gasteiger partial charge in [0.1, 0.15) is 5.76 Å². The van der Waals surface area contributed by atoms with Crippen LogP contribution >= 0.6 is 11.8 Å². The van der Waals surface area contributed by atoms with Crippen molar-refractivity contribution in [2.24, 2.45) is 0 Å². The van der Waals surface area contributed by atoms with Crippen molar-refractivity contribution in [3.63, 3.8) is 0 Å². The second-order valence-corrected chi connectivity index (χ2v) is 6.35. The molecule has 0 atom stereocenters. The number of amides is 1. The Balaban J connectivity index is 1.65. The van der Waals surface area contributed by atoms with Crippen LogP contribution in [0.1, 0.15) is 12.7 Å². The van der Waals surface area contributed by atoms with Crippen molar-refractivity contribution in [3.8, 4) is 11.4 Å². The molecule has 0 unspecified atom stereocenters. The van der Waals surface area contributed by atoms with Gasteiger partial charge in [-0.05, 0) is 31.2 Å². The number of rotatable bonds is 7. The van der Waals surface area contributed by atoms with Gasteiger partial charge in [-0.3, -0.25) is 9.78 Å². The number of aromatic nitrogens is 4. The van der Waals surface area contributed by atoms with Crippen LogP contribution in [-0.4, -0.2) is 43.4 Å². The average Bonchev–Trinajstić information content (AvgIpc) is 3.29. The molecule has 0 bridgehead atoms. The number of nitrogens with zero attached hydrogens (tertiary/aromatic N) is 5. The van der Waals surface area contributed by atoms with Crippen molar-refractivity contribution in [3.05, 3.63) is 48.7 Å². The summed E-state index contributed by atoms with van der Waals surface area (Å²) in [5, 5.41) is 9.23. The van der Waals surface area contributed by atoms with E-state index in [0.717, 1.165) is 28.8 Å². The molecule has 3 heterocycles. The Bertz CT molecular complexity index is 817. The molecule has 1 amide bonds. The summed E-state index contributed by atoms with van der Waals surface area (Å²) >= 11 is 1.39. The van der Waals surface area contributed by atoms with Gasteiger partial charge < -0.3 is 13.9 Å². The molecular weight excluding hydrogens is 338 g/mol. The Morgan fingerprint density at radius 3 is 2.76 bits per heavy atom. The lowest BCUT2D eigenvalue weighted by Gasteiger charge is -2.15. The smallest absolute Gasteiger partial charge is 0.233 e. The first-order valence-electron chi connectivity index (χ1n) is 7.91. The van der Waals surface area contributed by atoms with E-state index in [0.29, 0.717) is 12.3 Å². The molecule has 0 saturated heterocycles. The van der Waals surface area contributed by atoms with Crippen molar-refractivity contribution < 1.29 is 9.21 Å². The largest absolute Gasteiger partial charge is 0.467 e. The predicted octanol–water partition coefficient (Wildman–Crippen LogP) is 2.70. The minimum Gasteiger partial charge on any atom is -0.467 e. The zero-order valence-electron chi connectivity index (χ0n) is 14.1. The van der Waals surface area contributed by atoms with Gasteiger partial charge in [-0.2, -0.15) is 0 Å². The second-order valence-electron chi connectivity index (χ2n) is 5.40. The fourth-order valence-corrected chi connectivity index (χ4v) is 3.30. The van der Waals surface area contributed by atoms with Crippen LogP contribution in [0.15, 0.2) is 52.5 Å². The molecule has 3 aromatic rings. The Morgan fingerprint density at radius 1 is 1.28 bits per heavy atom. The van der Waals surface area contributed by atoms with E-state index in [1.807, 2.05) is 35.8 Å². The number of hydrogen-bond donors (Lipinski definition) is 0. The molecule has 8 heteroatoms. The fourth-order valence-electron chi connectivity index (χ4n) is 2.36. The maximum absolute atomic E-state index is 12.3. The van der Waals surface area contributed by atoms with Gasteiger partial charge >= 0.3 is 0 Å². The third-order valence-electron chi connectivity index (χ3n) is 3.70. The lowest BCUT2D eigenvalue weighted by Crippen LogP contribution is -2.27. The zero-order chi connectivity index (χ0) is 17.6. The van der Waals surface area contributed by atoms with Crippen molar-refractivity contribution >= 4 is 17.7 Å². The molecule has 25 heavy (non-hydrogen) atoms. The number of thioether (sulfide) groups is 1. The quantitative estimate of drug-likeness (QED) is 0.605. The number of carbonyl (C=O) groups is 1. The maximum Gasteiger partial charge on any atom is 0.233 e. The van der Waals surface area contributed by atoms with Crippen LogP contribution in [0.5, 0.6) is 0 Å². The summed E-state index contributed by atoms with van der Waals surface area (Å²) in [5.41, 5.74) is 0.956. The van der Waals surface area contributed by atoms with Gasteiger partial charge in [0.25, 0.3) is 0 Å². The molecule has 0 aliphatic rings. The van der Waals surface area contributed by atoms with Crippen molar-refractivity contribution in [2.45, 2.75) is 25.2 Å². The van der Waals surface area contributed by atoms with E-state index < -0.39 is 0 Å². The predicted molar refractivity (Wildman–Crippen MR) is 94.8 cm³/mol. The standard InChI is InChI=1S/C17H19N5O2S/c1-3-22-16(13-6-8-18-9-7-13)19-20-17(22)25-12-15(23)21(2)11-14-5-4-10-24-14/h4-10H,3,11-12H2,1-2H3. The van der Waals surface area contributed by atoms with Crippen molar-refractivity contribution in [2.75, 3.05) is 12.8 Å². The molecule has 0 fully saturated rings. The topological polar surface area (TPSA) is 77.0 Å². The number of furan rings is 1. The number of hydrogen-bond acceptors (Lipinski definition) is 6. The zero-order valence-corrected chi connectivity index (χ0v) is 14.9. The highest BCUT2D eigenvalue weighted by Gasteiger charge is 2.16. The summed E-state index contributed by atoms with van der Waals surface area (Å²) < 4.78 is 7.27. The third kappa shape index (κ3) is 4.08. The van der Waals surface area contributed by atoms with E-state index in [2.05, 4.69) is 15.2 Å². The highest BCUT2D eigenvalue weighted by atomic mass is 32.2. The van der Waals surface area contributed by atoms with E-state index in [1.54, 1.807) is 30.6 Å². The Hall–Kier alpha value is -2.61. The molecule has 0 radical (unpaired) electrons. The summed E-state index contributed by atoms with van der Waals surface area (Å²) in [6.07, 6.45) is 5.06. The maximum atomic E-state index is 12.3. The van der Waals surface area contributed by atoms with Gasteiger partial charge in [0, 0.05) is 31.5 Å². The molecular formula is C17H19N5O2S. The van der Waals surface area contributed by atoms with Gasteiger partial charge in [-0.25, -0.2) is 0 Å². The van der Waals surface area contributed by atoms with Crippen LogP contribution in [0.2, 0.25) is 0 Å². The summed E-state index contributed by atoms with van der Waals surface area (Å²) in [5.74, 6) is 1.85. The van der Waals surface area contributed by atoms with Gasteiger partial charge in [0.05, 0.1) is 18.6 Å². The molecule has 7 nitrogen and oxygen atoms in total. The van der Waals surface area contributed by atoms with E-state index in [1.165, 1.54) is 11.8 Å². The molecule has 3 aromatic heterocycles. The van der Waals surface area contributed by atoms with Crippen molar-refractivity contribution in [1.82, 2.24) is 24.6 Å². The van der Waals surface area contributed by atoms with Gasteiger partial charge in [-0.1, -0.05) is 11.8 Å². The Labute approximate surface area is 150 Å². The molecule has 0 aliphatic heterocycles. The molecule has 130 valence electrons. The fraction of sp³-hybridized carbons (Fsp3) is 0.294. The van der Waals surface area contributed by atoms with Crippen LogP contribution in [0.25, 0.3) is 11.4 Å². The highest BCUT2D eigenvalue weighted by Crippen LogP contribution is 2.23. The van der Waals surface area contributed by atoms with Crippen LogP contribution < -0.4 is 0 Å². The SMILES string of the molecule is CCn1c(SCC(=O)N(C)Cc2ccco2)nnc1-c1ccncc1. The van der Waals surface area contributed by atoms with Crippen LogP contribution in [-0.2, 0) is 17.9 Å². The van der Waals surface area contributed by atoms with Gasteiger partial charge in [-0.15, -0.1) is 10.2 Å². The lowest BCUT2D eigenvalue weighted by molar-refractivity contribution is -0.127. The van der Waals surface area contributed by atoms with Crippen molar-refractivity contribution in [1.29, 1.82) is 0 Å². The van der Waals surface area contributed by atoms with E-state index in [4.69, 9.17) is 4.42 Å². The molecule has 3 rings (SSSR count). The van der Waals surface area contributed by atoms with Crippen LogP contribution in [0.3, 0.4) is 0 Å². The summed E-state index contributed by atoms with van der Waals surface area (Å²) in [6.45, 7) is 3.21. The minimum atomic E-state index is 0.0116. The lowest BCUT2D eigenvalue weighted by atomic mass is 10.2. The van der Waals surface area contributed by atoms with E-state index >= 15 is 0 Å². The Morgan fingerprint density at radius 2 is 2.08 bits per heavy atom. The second kappa shape index (κ2) is 7.98. The number of pyridine rings is 1. The molecule has 0 aromatic carbocycles. The summed E-state index contributed by atoms with van der Waals surface area (Å²) in [6, 6.07) is 7.46. The molecule has 0 N–H and O–H groups in total. The first-order valence-corrected chi connectivity index (χ1v) is 8.90. The van der Waals surface area contributed by atoms with Gasteiger partial charge in [0.15, 0.2) is 11.0 Å². The Kier molecular flexibility index (Phi) is 5.49. The first-order chi connectivity index (χ1) is 12.2. The normalized spacial score (nSPS) is 10.8. The highest BCUT2D eigenvalue weighted by molar-refractivity contribution is 7.99. The summed E-state index contributed by atoms with van der Waals surface area (Å²) in [4.78, 5) is 18.0. The van der Waals surface area contributed by atoms with E-state index in [-0.39, 0.29) is 5.91 Å². The first kappa shape index (κ1) is 17.2. The van der Waals surface area contributed by atoms with Crippen LogP contribution in [0.4, 0.5) is 0 Å². The van der Waals surface area contributed by atoms with Crippen LogP contribution in [0, 0.1) is 0 Å². The van der Waals surface area contributed by atoms with E-state index in [9.17, 15) is 4.79 Å². The monoisotopic (exact) mass is 357 g/mol. The third-order valence-corrected chi connectivity index (χ3v) is 4.65. The molecule has 0 spiro atoms. The number of carbonyl (C=O) groups excluding carboxylic acids is 1. The average molecular weight is 357 g/mol. The van der Waals surface area contributed by atoms with Gasteiger partial charge in [0.2, 0.25) is 5.91 Å². The molecule has 0 saturated carbocycles. The molecule has 0 aliphatic carbocycles. The minimum absolute atomic E-state index is 0.0116.